The Morgan fingerprint density at radius 3 is 2.65 bits per heavy atom. The smallest absolute Gasteiger partial charge is 0.0988 e. The Balaban J connectivity index is 2.29. The summed E-state index contributed by atoms with van der Waals surface area (Å²) in [6, 6.07) is 12.0. The van der Waals surface area contributed by atoms with Crippen LogP contribution in [0.5, 0.6) is 0 Å². The van der Waals surface area contributed by atoms with Crippen molar-refractivity contribution in [3.05, 3.63) is 65.3 Å². The number of allylic oxidation sites excluding steroid dienone is 2. The van der Waals surface area contributed by atoms with Gasteiger partial charge in [-0.1, -0.05) is 36.4 Å². The minimum Gasteiger partial charge on any atom is -0.222 e. The highest BCUT2D eigenvalue weighted by Gasteiger charge is 2.13. The van der Waals surface area contributed by atoms with Gasteiger partial charge in [0.1, 0.15) is 0 Å². The quantitative estimate of drug-likeness (QED) is 0.809. The van der Waals surface area contributed by atoms with E-state index in [4.69, 9.17) is 17.0 Å². The van der Waals surface area contributed by atoms with Crippen molar-refractivity contribution in [2.45, 2.75) is 6.04 Å². The third-order valence-corrected chi connectivity index (χ3v) is 2.78. The molecule has 0 fully saturated rings. The van der Waals surface area contributed by atoms with Crippen molar-refractivity contribution in [1.29, 1.82) is 5.26 Å². The zero-order valence-corrected chi connectivity index (χ0v) is 9.85. The van der Waals surface area contributed by atoms with E-state index in [1.54, 1.807) is 6.08 Å². The molecule has 0 aliphatic heterocycles. The molecule has 0 amide bonds. The second kappa shape index (κ2) is 5.49. The molecule has 0 heterocycles. The van der Waals surface area contributed by atoms with Crippen LogP contribution in [-0.4, -0.2) is 6.04 Å². The molecule has 0 radical (unpaired) electrons. The minimum atomic E-state index is -0.128. The average molecular weight is 243 g/mol. The maximum Gasteiger partial charge on any atom is 0.0988 e. The van der Waals surface area contributed by atoms with Crippen molar-refractivity contribution in [3.63, 3.8) is 0 Å². The summed E-state index contributed by atoms with van der Waals surface area (Å²) in [4.78, 5) is 2.66. The lowest BCUT2D eigenvalue weighted by atomic mass is 9.96. The Bertz CT molecular complexity index is 521. The Hall–Kier alpha value is -1.82. The van der Waals surface area contributed by atoms with Gasteiger partial charge in [-0.25, -0.2) is 4.84 Å². The molecular formula is C14H11ClN2. The molecule has 1 atom stereocenters. The molecule has 1 aliphatic rings. The third kappa shape index (κ3) is 2.85. The number of nitrogens with zero attached hydrogens (tertiary/aromatic N) is 1. The van der Waals surface area contributed by atoms with Crippen LogP contribution in [0.4, 0.5) is 0 Å². The van der Waals surface area contributed by atoms with Crippen molar-refractivity contribution in [2.75, 3.05) is 0 Å². The van der Waals surface area contributed by atoms with E-state index in [0.29, 0.717) is 5.57 Å². The Kier molecular flexibility index (Phi) is 3.77. The molecule has 1 aromatic rings. The first-order chi connectivity index (χ1) is 8.33. The van der Waals surface area contributed by atoms with Gasteiger partial charge < -0.3 is 0 Å². The lowest BCUT2D eigenvalue weighted by molar-refractivity contribution is 0.883. The highest BCUT2D eigenvalue weighted by molar-refractivity contribution is 6.14. The third-order valence-electron chi connectivity index (χ3n) is 2.54. The Morgan fingerprint density at radius 1 is 1.24 bits per heavy atom. The van der Waals surface area contributed by atoms with Crippen LogP contribution in [0.25, 0.3) is 6.08 Å². The van der Waals surface area contributed by atoms with E-state index < -0.39 is 0 Å². The number of hydrogen-bond donors (Lipinski definition) is 1. The van der Waals surface area contributed by atoms with Gasteiger partial charge in [0, 0.05) is 5.57 Å². The van der Waals surface area contributed by atoms with Crippen molar-refractivity contribution in [3.8, 4) is 6.07 Å². The Morgan fingerprint density at radius 2 is 2.00 bits per heavy atom. The lowest BCUT2D eigenvalue weighted by Gasteiger charge is -2.15. The van der Waals surface area contributed by atoms with Crippen LogP contribution in [0.1, 0.15) is 5.56 Å². The highest BCUT2D eigenvalue weighted by atomic mass is 35.5. The van der Waals surface area contributed by atoms with Gasteiger partial charge in [-0.05, 0) is 41.1 Å². The van der Waals surface area contributed by atoms with Crippen LogP contribution in [0.3, 0.4) is 0 Å². The molecule has 0 spiro atoms. The largest absolute Gasteiger partial charge is 0.222 e. The second-order valence-electron chi connectivity index (χ2n) is 3.71. The molecule has 0 saturated heterocycles. The summed E-state index contributed by atoms with van der Waals surface area (Å²) in [6.07, 6.45) is 7.55. The monoisotopic (exact) mass is 242 g/mol. The number of halogens is 1. The first kappa shape index (κ1) is 11.7. The fraction of sp³-hybridized carbons (Fsp3) is 0.0714. The molecule has 1 aromatic carbocycles. The Labute approximate surface area is 106 Å². The molecule has 3 heteroatoms. The highest BCUT2D eigenvalue weighted by Crippen LogP contribution is 2.19. The van der Waals surface area contributed by atoms with E-state index in [1.165, 1.54) is 0 Å². The normalized spacial score (nSPS) is 21.1. The summed E-state index contributed by atoms with van der Waals surface area (Å²) in [7, 11) is 0. The van der Waals surface area contributed by atoms with E-state index in [0.717, 1.165) is 11.1 Å². The van der Waals surface area contributed by atoms with Crippen LogP contribution in [0.15, 0.2) is 59.7 Å². The zero-order valence-electron chi connectivity index (χ0n) is 9.10. The predicted octanol–water partition coefficient (Wildman–Crippen LogP) is 3.20. The number of nitriles is 1. The van der Waals surface area contributed by atoms with E-state index in [2.05, 4.69) is 10.9 Å². The van der Waals surface area contributed by atoms with Gasteiger partial charge in [0.05, 0.1) is 12.1 Å². The first-order valence-corrected chi connectivity index (χ1v) is 5.64. The first-order valence-electron chi connectivity index (χ1n) is 5.26. The molecule has 1 aliphatic carbocycles. The molecule has 0 bridgehead atoms. The van der Waals surface area contributed by atoms with Gasteiger partial charge in [0.15, 0.2) is 0 Å². The van der Waals surface area contributed by atoms with Crippen LogP contribution in [0.2, 0.25) is 0 Å². The minimum absolute atomic E-state index is 0.128. The lowest BCUT2D eigenvalue weighted by Crippen LogP contribution is -2.22. The standard InChI is InChI=1S/C14H11ClN2/c15-17-14-9-12(10-16)6-7-13(14)8-11-4-2-1-3-5-11/h1-9,14,17H. The summed E-state index contributed by atoms with van der Waals surface area (Å²) in [6.45, 7) is 0. The predicted molar refractivity (Wildman–Crippen MR) is 70.0 cm³/mol. The molecule has 0 aromatic heterocycles. The van der Waals surface area contributed by atoms with Gasteiger partial charge in [-0.2, -0.15) is 5.26 Å². The van der Waals surface area contributed by atoms with Crippen molar-refractivity contribution in [1.82, 2.24) is 4.84 Å². The summed E-state index contributed by atoms with van der Waals surface area (Å²) in [5.41, 5.74) is 2.76. The maximum absolute atomic E-state index is 8.82. The molecule has 84 valence electrons. The van der Waals surface area contributed by atoms with Crippen LogP contribution >= 0.6 is 11.8 Å². The van der Waals surface area contributed by atoms with E-state index >= 15 is 0 Å². The number of nitrogens with one attached hydrogen (secondary N) is 1. The topological polar surface area (TPSA) is 35.8 Å². The molecule has 1 unspecified atom stereocenters. The van der Waals surface area contributed by atoms with Gasteiger partial charge in [0.2, 0.25) is 0 Å². The molecule has 0 saturated carbocycles. The fourth-order valence-corrected chi connectivity index (χ4v) is 1.86. The van der Waals surface area contributed by atoms with Crippen molar-refractivity contribution < 1.29 is 0 Å². The van der Waals surface area contributed by atoms with Crippen LogP contribution in [-0.2, 0) is 0 Å². The summed E-state index contributed by atoms with van der Waals surface area (Å²) < 4.78 is 0. The van der Waals surface area contributed by atoms with E-state index in [9.17, 15) is 0 Å². The summed E-state index contributed by atoms with van der Waals surface area (Å²) >= 11 is 5.68. The number of rotatable bonds is 2. The second-order valence-corrected chi connectivity index (χ2v) is 3.93. The molecule has 2 rings (SSSR count). The van der Waals surface area contributed by atoms with E-state index in [1.807, 2.05) is 48.6 Å². The SMILES string of the molecule is N#CC1=CC(NCl)C(=Cc2ccccc2)C=C1. The average Bonchev–Trinajstić information content (AvgIpc) is 2.40. The van der Waals surface area contributed by atoms with E-state index in [-0.39, 0.29) is 6.04 Å². The molecule has 17 heavy (non-hydrogen) atoms. The van der Waals surface area contributed by atoms with Gasteiger partial charge in [-0.15, -0.1) is 0 Å². The van der Waals surface area contributed by atoms with Gasteiger partial charge >= 0.3 is 0 Å². The maximum atomic E-state index is 8.82. The van der Waals surface area contributed by atoms with Gasteiger partial charge in [0.25, 0.3) is 0 Å². The summed E-state index contributed by atoms with van der Waals surface area (Å²) in [5, 5.41) is 8.82. The zero-order chi connectivity index (χ0) is 12.1. The van der Waals surface area contributed by atoms with Crippen LogP contribution in [0, 0.1) is 11.3 Å². The molecule has 2 nitrogen and oxygen atoms in total. The number of hydrogen-bond acceptors (Lipinski definition) is 2. The summed E-state index contributed by atoms with van der Waals surface area (Å²) in [5.74, 6) is 0. The van der Waals surface area contributed by atoms with Crippen LogP contribution < -0.4 is 4.84 Å². The van der Waals surface area contributed by atoms with Crippen molar-refractivity contribution >= 4 is 17.9 Å². The van der Waals surface area contributed by atoms with Crippen molar-refractivity contribution in [2.24, 2.45) is 0 Å². The fourth-order valence-electron chi connectivity index (χ4n) is 1.67. The molecular weight excluding hydrogens is 232 g/mol. The molecule has 1 N–H and O–H groups in total. The van der Waals surface area contributed by atoms with Gasteiger partial charge in [-0.3, -0.25) is 0 Å². The number of benzene rings is 1.